The smallest absolute Gasteiger partial charge is 0.433 e. The van der Waals surface area contributed by atoms with E-state index >= 15 is 0 Å². The summed E-state index contributed by atoms with van der Waals surface area (Å²) in [5.41, 5.74) is 0. The van der Waals surface area contributed by atoms with E-state index in [-0.39, 0.29) is 0 Å². The maximum absolute atomic E-state index is 10.7. The molecule has 0 aliphatic rings. The minimum absolute atomic E-state index is 0.322. The molecule has 11 heavy (non-hydrogen) atoms. The van der Waals surface area contributed by atoms with Crippen LogP contribution in [0.25, 0.3) is 0 Å². The number of hydroxylamine groups is 2. The summed E-state index contributed by atoms with van der Waals surface area (Å²) in [5.74, 6) is 0. The van der Waals surface area contributed by atoms with Crippen molar-refractivity contribution >= 4 is 6.09 Å². The van der Waals surface area contributed by atoms with Crippen LogP contribution in [0, 0.1) is 0 Å². The van der Waals surface area contributed by atoms with E-state index in [9.17, 15) is 4.79 Å². The van der Waals surface area contributed by atoms with Crippen molar-refractivity contribution in [2.75, 3.05) is 13.2 Å². The molecule has 0 heterocycles. The summed E-state index contributed by atoms with van der Waals surface area (Å²) in [6, 6.07) is 0. The highest BCUT2D eigenvalue weighted by molar-refractivity contribution is 5.65. The van der Waals surface area contributed by atoms with E-state index in [0.717, 1.165) is 12.8 Å². The van der Waals surface area contributed by atoms with E-state index in [4.69, 9.17) is 5.21 Å². The van der Waals surface area contributed by atoms with Crippen LogP contribution in [0.2, 0.25) is 0 Å². The summed E-state index contributed by atoms with van der Waals surface area (Å²) < 4.78 is 4.64. The van der Waals surface area contributed by atoms with Crippen molar-refractivity contribution in [1.29, 1.82) is 0 Å². The third-order valence-electron chi connectivity index (χ3n) is 1.08. The van der Waals surface area contributed by atoms with E-state index in [2.05, 4.69) is 4.74 Å². The molecule has 0 atom stereocenters. The lowest BCUT2D eigenvalue weighted by atomic mass is 10.5. The third-order valence-corrected chi connectivity index (χ3v) is 1.08. The van der Waals surface area contributed by atoms with E-state index in [1.165, 1.54) is 0 Å². The van der Waals surface area contributed by atoms with Gasteiger partial charge in [0, 0.05) is 0 Å². The molecule has 66 valence electrons. The van der Waals surface area contributed by atoms with Crippen LogP contribution < -0.4 is 0 Å². The normalized spacial score (nSPS) is 9.36. The molecule has 0 aliphatic heterocycles. The predicted molar refractivity (Wildman–Crippen MR) is 40.4 cm³/mol. The first-order chi connectivity index (χ1) is 5.22. The first-order valence-corrected chi connectivity index (χ1v) is 3.85. The third kappa shape index (κ3) is 4.61. The van der Waals surface area contributed by atoms with Crippen LogP contribution in [0.3, 0.4) is 0 Å². The SMILES string of the molecule is CCCOC(=O)N(O)CCC. The van der Waals surface area contributed by atoms with E-state index in [0.29, 0.717) is 18.2 Å². The Kier molecular flexibility index (Phi) is 5.56. The highest BCUT2D eigenvalue weighted by Crippen LogP contribution is 1.92. The topological polar surface area (TPSA) is 49.8 Å². The van der Waals surface area contributed by atoms with Crippen LogP contribution in [-0.4, -0.2) is 29.5 Å². The van der Waals surface area contributed by atoms with Crippen LogP contribution in [0.1, 0.15) is 26.7 Å². The van der Waals surface area contributed by atoms with Crippen molar-refractivity contribution in [3.8, 4) is 0 Å². The number of hydrogen-bond acceptors (Lipinski definition) is 3. The second kappa shape index (κ2) is 5.97. The Bertz CT molecular complexity index is 116. The standard InChI is InChI=1S/C7H15NO3/c1-3-5-8(10)7(9)11-6-4-2/h10H,3-6H2,1-2H3. The molecular formula is C7H15NO3. The monoisotopic (exact) mass is 161 g/mol. The summed E-state index contributed by atoms with van der Waals surface area (Å²) >= 11 is 0. The van der Waals surface area contributed by atoms with Crippen LogP contribution in [0.15, 0.2) is 0 Å². The zero-order valence-electron chi connectivity index (χ0n) is 7.04. The molecule has 0 rings (SSSR count). The average Bonchev–Trinajstić information content (AvgIpc) is 2.00. The molecule has 1 N–H and O–H groups in total. The predicted octanol–water partition coefficient (Wildman–Crippen LogP) is 1.63. The van der Waals surface area contributed by atoms with Gasteiger partial charge in [0.2, 0.25) is 0 Å². The molecule has 0 bridgehead atoms. The fraction of sp³-hybridized carbons (Fsp3) is 0.857. The van der Waals surface area contributed by atoms with E-state index in [1.807, 2.05) is 13.8 Å². The quantitative estimate of drug-likeness (QED) is 0.503. The van der Waals surface area contributed by atoms with Crippen molar-refractivity contribution in [1.82, 2.24) is 5.06 Å². The molecule has 0 aliphatic carbocycles. The van der Waals surface area contributed by atoms with Crippen LogP contribution >= 0.6 is 0 Å². The summed E-state index contributed by atoms with van der Waals surface area (Å²) in [6.45, 7) is 4.45. The van der Waals surface area contributed by atoms with Gasteiger partial charge in [-0.15, -0.1) is 0 Å². The second-order valence-corrected chi connectivity index (χ2v) is 2.24. The Morgan fingerprint density at radius 1 is 1.45 bits per heavy atom. The van der Waals surface area contributed by atoms with Crippen LogP contribution in [-0.2, 0) is 4.74 Å². The number of amides is 1. The average molecular weight is 161 g/mol. The number of rotatable bonds is 4. The molecule has 0 saturated heterocycles. The number of carbonyl (C=O) groups is 1. The van der Waals surface area contributed by atoms with Crippen LogP contribution in [0.4, 0.5) is 4.79 Å². The Morgan fingerprint density at radius 2 is 2.09 bits per heavy atom. The van der Waals surface area contributed by atoms with Gasteiger partial charge in [0.05, 0.1) is 13.2 Å². The van der Waals surface area contributed by atoms with Gasteiger partial charge in [0.15, 0.2) is 0 Å². The van der Waals surface area contributed by atoms with Gasteiger partial charge >= 0.3 is 6.09 Å². The maximum Gasteiger partial charge on any atom is 0.433 e. The van der Waals surface area contributed by atoms with Crippen molar-refractivity contribution < 1.29 is 14.7 Å². The fourth-order valence-corrected chi connectivity index (χ4v) is 0.567. The van der Waals surface area contributed by atoms with Gasteiger partial charge in [-0.3, -0.25) is 5.21 Å². The first kappa shape index (κ1) is 10.2. The summed E-state index contributed by atoms with van der Waals surface area (Å²) in [5, 5.41) is 9.50. The Balaban J connectivity index is 3.47. The molecule has 0 radical (unpaired) electrons. The Labute approximate surface area is 66.7 Å². The molecule has 0 unspecified atom stereocenters. The molecule has 0 spiro atoms. The van der Waals surface area contributed by atoms with Gasteiger partial charge in [-0.25, -0.2) is 4.79 Å². The number of hydrogen-bond donors (Lipinski definition) is 1. The maximum atomic E-state index is 10.7. The lowest BCUT2D eigenvalue weighted by molar-refractivity contribution is -0.0737. The van der Waals surface area contributed by atoms with Gasteiger partial charge in [-0.2, -0.15) is 5.06 Å². The summed E-state index contributed by atoms with van der Waals surface area (Å²) in [6.07, 6.45) is 0.831. The van der Waals surface area contributed by atoms with E-state index in [1.54, 1.807) is 0 Å². The highest BCUT2D eigenvalue weighted by Gasteiger charge is 2.09. The van der Waals surface area contributed by atoms with Crippen molar-refractivity contribution in [2.45, 2.75) is 26.7 Å². The van der Waals surface area contributed by atoms with Crippen molar-refractivity contribution in [3.05, 3.63) is 0 Å². The highest BCUT2D eigenvalue weighted by atomic mass is 16.6. The van der Waals surface area contributed by atoms with Crippen LogP contribution in [0.5, 0.6) is 0 Å². The molecule has 0 aromatic carbocycles. The largest absolute Gasteiger partial charge is 0.448 e. The van der Waals surface area contributed by atoms with Gasteiger partial charge in [-0.1, -0.05) is 13.8 Å². The summed E-state index contributed by atoms with van der Waals surface area (Å²) in [4.78, 5) is 10.7. The minimum Gasteiger partial charge on any atom is -0.448 e. The first-order valence-electron chi connectivity index (χ1n) is 3.85. The molecule has 4 heteroatoms. The number of nitrogens with zero attached hydrogens (tertiary/aromatic N) is 1. The summed E-state index contributed by atoms with van der Waals surface area (Å²) in [7, 11) is 0. The number of carbonyl (C=O) groups excluding carboxylic acids is 1. The van der Waals surface area contributed by atoms with Gasteiger partial charge in [0.25, 0.3) is 0 Å². The second-order valence-electron chi connectivity index (χ2n) is 2.24. The van der Waals surface area contributed by atoms with Gasteiger partial charge in [-0.05, 0) is 12.8 Å². The molecule has 1 amide bonds. The Hall–Kier alpha value is -0.770. The molecule has 0 aromatic heterocycles. The van der Waals surface area contributed by atoms with E-state index < -0.39 is 6.09 Å². The molecule has 0 fully saturated rings. The minimum atomic E-state index is -0.659. The zero-order valence-corrected chi connectivity index (χ0v) is 7.04. The molecular weight excluding hydrogens is 146 g/mol. The van der Waals surface area contributed by atoms with Gasteiger partial charge in [0.1, 0.15) is 0 Å². The lowest BCUT2D eigenvalue weighted by Gasteiger charge is -2.12. The molecule has 4 nitrogen and oxygen atoms in total. The molecule has 0 aromatic rings. The van der Waals surface area contributed by atoms with Gasteiger partial charge < -0.3 is 4.74 Å². The molecule has 0 saturated carbocycles. The van der Waals surface area contributed by atoms with Crippen molar-refractivity contribution in [2.24, 2.45) is 0 Å². The fourth-order valence-electron chi connectivity index (χ4n) is 0.567. The zero-order chi connectivity index (χ0) is 8.69. The lowest BCUT2D eigenvalue weighted by Crippen LogP contribution is -2.28. The van der Waals surface area contributed by atoms with Crippen molar-refractivity contribution in [3.63, 3.8) is 0 Å². The Morgan fingerprint density at radius 3 is 2.55 bits per heavy atom. The number of ether oxygens (including phenoxy) is 1.